The summed E-state index contributed by atoms with van der Waals surface area (Å²) >= 11 is 0. The normalized spacial score (nSPS) is 11.1. The van der Waals surface area contributed by atoms with Gasteiger partial charge in [0.2, 0.25) is 5.91 Å². The van der Waals surface area contributed by atoms with E-state index in [4.69, 9.17) is 5.73 Å². The molecular formula is C13H16F3N3O2. The second kappa shape index (κ2) is 7.07. The lowest BCUT2D eigenvalue weighted by atomic mass is 10.1. The fourth-order valence-corrected chi connectivity index (χ4v) is 1.51. The zero-order valence-electron chi connectivity index (χ0n) is 11.4. The van der Waals surface area contributed by atoms with E-state index in [0.717, 1.165) is 0 Å². The maximum absolute atomic E-state index is 12.2. The van der Waals surface area contributed by atoms with Gasteiger partial charge < -0.3 is 16.4 Å². The molecule has 0 saturated heterocycles. The van der Waals surface area contributed by atoms with Crippen LogP contribution in [0.5, 0.6) is 0 Å². The number of rotatable bonds is 5. The smallest absolute Gasteiger partial charge is 0.330 e. The third-order valence-electron chi connectivity index (χ3n) is 2.63. The van der Waals surface area contributed by atoms with Gasteiger partial charge in [0.15, 0.2) is 0 Å². The van der Waals surface area contributed by atoms with E-state index in [9.17, 15) is 22.8 Å². The molecule has 2 amide bonds. The van der Waals surface area contributed by atoms with Gasteiger partial charge in [0.25, 0.3) is 0 Å². The van der Waals surface area contributed by atoms with Crippen molar-refractivity contribution in [1.29, 1.82) is 0 Å². The molecule has 1 rings (SSSR count). The topological polar surface area (TPSA) is 84.2 Å². The Morgan fingerprint density at radius 2 is 1.90 bits per heavy atom. The van der Waals surface area contributed by atoms with Gasteiger partial charge in [0.05, 0.1) is 0 Å². The third kappa shape index (κ3) is 5.42. The van der Waals surface area contributed by atoms with Crippen LogP contribution in [0.2, 0.25) is 0 Å². The monoisotopic (exact) mass is 303 g/mol. The van der Waals surface area contributed by atoms with Crippen LogP contribution in [0.1, 0.15) is 18.4 Å². The summed E-state index contributed by atoms with van der Waals surface area (Å²) in [5.41, 5.74) is 6.03. The minimum absolute atomic E-state index is 0.00560. The molecule has 21 heavy (non-hydrogen) atoms. The molecule has 4 N–H and O–H groups in total. The van der Waals surface area contributed by atoms with E-state index in [2.05, 4.69) is 5.32 Å². The predicted octanol–water partition coefficient (Wildman–Crippen LogP) is 2.17. The van der Waals surface area contributed by atoms with Gasteiger partial charge in [-0.1, -0.05) is 6.07 Å². The molecule has 0 bridgehead atoms. The molecule has 0 atom stereocenters. The fraction of sp³-hybridized carbons (Fsp3) is 0.385. The lowest BCUT2D eigenvalue weighted by Gasteiger charge is -2.12. The SMILES string of the molecule is Cc1ccc(NC(=O)CCCN)cc1NC(=O)C(F)(F)F. The first kappa shape index (κ1) is 17.0. The van der Waals surface area contributed by atoms with Crippen molar-refractivity contribution in [3.63, 3.8) is 0 Å². The first-order valence-corrected chi connectivity index (χ1v) is 6.23. The first-order chi connectivity index (χ1) is 9.74. The van der Waals surface area contributed by atoms with Crippen LogP contribution < -0.4 is 16.4 Å². The van der Waals surface area contributed by atoms with E-state index in [0.29, 0.717) is 24.2 Å². The Morgan fingerprint density at radius 3 is 2.48 bits per heavy atom. The van der Waals surface area contributed by atoms with Crippen LogP contribution in [-0.4, -0.2) is 24.5 Å². The Kier molecular flexibility index (Phi) is 5.71. The second-order valence-corrected chi connectivity index (χ2v) is 4.42. The van der Waals surface area contributed by atoms with Crippen molar-refractivity contribution in [2.75, 3.05) is 17.2 Å². The maximum atomic E-state index is 12.2. The molecule has 0 aromatic heterocycles. The van der Waals surface area contributed by atoms with Gasteiger partial charge in [-0.05, 0) is 37.6 Å². The van der Waals surface area contributed by atoms with Gasteiger partial charge in [-0.2, -0.15) is 13.2 Å². The molecule has 5 nitrogen and oxygen atoms in total. The van der Waals surface area contributed by atoms with Crippen LogP contribution >= 0.6 is 0 Å². The van der Waals surface area contributed by atoms with E-state index in [1.54, 1.807) is 18.3 Å². The van der Waals surface area contributed by atoms with E-state index in [1.807, 2.05) is 0 Å². The summed E-state index contributed by atoms with van der Waals surface area (Å²) in [6.07, 6.45) is -4.24. The van der Waals surface area contributed by atoms with Gasteiger partial charge in [0.1, 0.15) is 0 Å². The van der Waals surface area contributed by atoms with E-state index in [-0.39, 0.29) is 18.0 Å². The summed E-state index contributed by atoms with van der Waals surface area (Å²) in [5, 5.41) is 4.30. The van der Waals surface area contributed by atoms with Gasteiger partial charge in [-0.15, -0.1) is 0 Å². The van der Waals surface area contributed by atoms with Gasteiger partial charge >= 0.3 is 12.1 Å². The number of carbonyl (C=O) groups is 2. The highest BCUT2D eigenvalue weighted by atomic mass is 19.4. The fourth-order valence-electron chi connectivity index (χ4n) is 1.51. The molecule has 0 spiro atoms. The Labute approximate surface area is 119 Å². The maximum Gasteiger partial charge on any atom is 0.471 e. The Bertz CT molecular complexity index is 530. The zero-order chi connectivity index (χ0) is 16.0. The molecule has 8 heteroatoms. The van der Waals surface area contributed by atoms with E-state index in [1.165, 1.54) is 12.1 Å². The summed E-state index contributed by atoms with van der Waals surface area (Å²) in [5.74, 6) is -2.35. The van der Waals surface area contributed by atoms with Crippen LogP contribution in [0.25, 0.3) is 0 Å². The third-order valence-corrected chi connectivity index (χ3v) is 2.63. The van der Waals surface area contributed by atoms with Crippen molar-refractivity contribution >= 4 is 23.2 Å². The molecule has 0 unspecified atom stereocenters. The molecule has 0 aliphatic carbocycles. The number of aryl methyl sites for hydroxylation is 1. The zero-order valence-corrected chi connectivity index (χ0v) is 11.4. The number of carbonyl (C=O) groups excluding carboxylic acids is 2. The van der Waals surface area contributed by atoms with Crippen LogP contribution in [0.15, 0.2) is 18.2 Å². The quantitative estimate of drug-likeness (QED) is 0.779. The van der Waals surface area contributed by atoms with Crippen molar-refractivity contribution in [3.05, 3.63) is 23.8 Å². The van der Waals surface area contributed by atoms with Crippen molar-refractivity contribution in [2.24, 2.45) is 5.73 Å². The van der Waals surface area contributed by atoms with Gasteiger partial charge in [-0.25, -0.2) is 0 Å². The molecule has 1 aromatic carbocycles. The minimum atomic E-state index is -4.97. The number of benzene rings is 1. The highest BCUT2D eigenvalue weighted by Crippen LogP contribution is 2.23. The predicted molar refractivity (Wildman–Crippen MR) is 72.8 cm³/mol. The number of alkyl halides is 3. The Morgan fingerprint density at radius 1 is 1.24 bits per heavy atom. The van der Waals surface area contributed by atoms with E-state index >= 15 is 0 Å². The average Bonchev–Trinajstić information content (AvgIpc) is 2.39. The molecule has 116 valence electrons. The number of nitrogens with one attached hydrogen (secondary N) is 2. The number of anilines is 2. The van der Waals surface area contributed by atoms with Gasteiger partial charge in [-0.3, -0.25) is 9.59 Å². The molecule has 0 radical (unpaired) electrons. The highest BCUT2D eigenvalue weighted by molar-refractivity contribution is 5.97. The number of hydrogen-bond acceptors (Lipinski definition) is 3. The summed E-state index contributed by atoms with van der Waals surface area (Å²) in [6, 6.07) is 4.32. The summed E-state index contributed by atoms with van der Waals surface area (Å²) in [4.78, 5) is 22.4. The largest absolute Gasteiger partial charge is 0.471 e. The van der Waals surface area contributed by atoms with Crippen molar-refractivity contribution in [3.8, 4) is 0 Å². The average molecular weight is 303 g/mol. The van der Waals surface area contributed by atoms with Crippen molar-refractivity contribution < 1.29 is 22.8 Å². The van der Waals surface area contributed by atoms with Crippen LogP contribution in [-0.2, 0) is 9.59 Å². The molecule has 0 aliphatic heterocycles. The lowest BCUT2D eigenvalue weighted by molar-refractivity contribution is -0.167. The van der Waals surface area contributed by atoms with Crippen LogP contribution in [0.3, 0.4) is 0 Å². The number of hydrogen-bond donors (Lipinski definition) is 3. The molecule has 0 fully saturated rings. The Balaban J connectivity index is 2.80. The summed E-state index contributed by atoms with van der Waals surface area (Å²) in [6.45, 7) is 1.92. The number of nitrogens with two attached hydrogens (primary N) is 1. The molecule has 0 aliphatic rings. The van der Waals surface area contributed by atoms with Crippen LogP contribution in [0, 0.1) is 6.92 Å². The number of halogens is 3. The van der Waals surface area contributed by atoms with E-state index < -0.39 is 12.1 Å². The standard InChI is InChI=1S/C13H16F3N3O2/c1-8-4-5-9(18-11(20)3-2-6-17)7-10(8)19-12(21)13(14,15)16/h4-5,7H,2-3,6,17H2,1H3,(H,18,20)(H,19,21). The Hall–Kier alpha value is -2.09. The second-order valence-electron chi connectivity index (χ2n) is 4.42. The minimum Gasteiger partial charge on any atom is -0.330 e. The molecule has 1 aromatic rings. The molecule has 0 heterocycles. The first-order valence-electron chi connectivity index (χ1n) is 6.23. The molecule has 0 saturated carbocycles. The van der Waals surface area contributed by atoms with Crippen LogP contribution in [0.4, 0.5) is 24.5 Å². The highest BCUT2D eigenvalue weighted by Gasteiger charge is 2.38. The van der Waals surface area contributed by atoms with Crippen molar-refractivity contribution in [1.82, 2.24) is 0 Å². The van der Waals surface area contributed by atoms with Gasteiger partial charge in [0, 0.05) is 17.8 Å². The lowest BCUT2D eigenvalue weighted by Crippen LogP contribution is -2.30. The number of amides is 2. The summed E-state index contributed by atoms with van der Waals surface area (Å²) in [7, 11) is 0. The molecular weight excluding hydrogens is 287 g/mol. The van der Waals surface area contributed by atoms with Crippen molar-refractivity contribution in [2.45, 2.75) is 25.9 Å². The summed E-state index contributed by atoms with van der Waals surface area (Å²) < 4.78 is 36.7.